The van der Waals surface area contributed by atoms with E-state index in [1.807, 2.05) is 43.3 Å². The lowest BCUT2D eigenvalue weighted by molar-refractivity contribution is -0.136. The molecule has 1 N–H and O–H groups in total. The van der Waals surface area contributed by atoms with Crippen LogP contribution >= 0.6 is 27.5 Å². The Kier molecular flexibility index (Phi) is 5.06. The standard InChI is InChI=1S/C19H17BrClNO3/c1-11-14(8-19(23)24)15-7-18(25-2)16(21)9-17(15)22(11)10-12-4-3-5-13(20)6-12/h3-7,9H,8,10H2,1-2H3,(H,23,24). The predicted molar refractivity (Wildman–Crippen MR) is 103 cm³/mol. The van der Waals surface area contributed by atoms with Gasteiger partial charge in [0.25, 0.3) is 0 Å². The van der Waals surface area contributed by atoms with Crippen molar-refractivity contribution in [2.75, 3.05) is 7.11 Å². The fourth-order valence-corrected chi connectivity index (χ4v) is 3.78. The Balaban J connectivity index is 2.21. The number of aromatic nitrogens is 1. The number of hydrogen-bond donors (Lipinski definition) is 1. The average molecular weight is 423 g/mol. The summed E-state index contributed by atoms with van der Waals surface area (Å²) in [7, 11) is 1.55. The molecule has 0 aliphatic heterocycles. The summed E-state index contributed by atoms with van der Waals surface area (Å²) in [5.41, 5.74) is 3.72. The molecule has 0 saturated heterocycles. The molecule has 0 bridgehead atoms. The molecule has 0 atom stereocenters. The third-order valence-electron chi connectivity index (χ3n) is 4.29. The quantitative estimate of drug-likeness (QED) is 0.626. The number of ether oxygens (including phenoxy) is 1. The van der Waals surface area contributed by atoms with E-state index in [1.54, 1.807) is 7.11 Å². The van der Waals surface area contributed by atoms with Crippen LogP contribution in [0, 0.1) is 6.92 Å². The van der Waals surface area contributed by atoms with Gasteiger partial charge in [-0.15, -0.1) is 0 Å². The zero-order chi connectivity index (χ0) is 18.1. The van der Waals surface area contributed by atoms with Gasteiger partial charge in [-0.2, -0.15) is 0 Å². The maximum atomic E-state index is 11.3. The molecule has 6 heteroatoms. The van der Waals surface area contributed by atoms with E-state index < -0.39 is 5.97 Å². The van der Waals surface area contributed by atoms with E-state index in [-0.39, 0.29) is 6.42 Å². The van der Waals surface area contributed by atoms with Gasteiger partial charge in [-0.25, -0.2) is 0 Å². The van der Waals surface area contributed by atoms with E-state index in [0.717, 1.165) is 32.2 Å². The first-order valence-electron chi connectivity index (χ1n) is 7.72. The zero-order valence-corrected chi connectivity index (χ0v) is 16.2. The Labute approximate surface area is 159 Å². The smallest absolute Gasteiger partial charge is 0.307 e. The fraction of sp³-hybridized carbons (Fsp3) is 0.211. The monoisotopic (exact) mass is 421 g/mol. The summed E-state index contributed by atoms with van der Waals surface area (Å²) in [6.07, 6.45) is -0.0431. The van der Waals surface area contributed by atoms with Crippen LogP contribution in [0.25, 0.3) is 10.9 Å². The van der Waals surface area contributed by atoms with E-state index in [1.165, 1.54) is 0 Å². The molecule has 0 radical (unpaired) electrons. The number of carboxylic acid groups (broad SMARTS) is 1. The maximum Gasteiger partial charge on any atom is 0.307 e. The van der Waals surface area contributed by atoms with Gasteiger partial charge in [0.05, 0.1) is 24.1 Å². The lowest BCUT2D eigenvalue weighted by atomic mass is 10.1. The van der Waals surface area contributed by atoms with Crippen LogP contribution < -0.4 is 4.74 Å². The van der Waals surface area contributed by atoms with Gasteiger partial charge in [0.15, 0.2) is 0 Å². The second-order valence-corrected chi connectivity index (χ2v) is 7.18. The van der Waals surface area contributed by atoms with Gasteiger partial charge in [0.2, 0.25) is 0 Å². The topological polar surface area (TPSA) is 51.5 Å². The summed E-state index contributed by atoms with van der Waals surface area (Å²) in [6, 6.07) is 11.7. The van der Waals surface area contributed by atoms with Gasteiger partial charge in [-0.1, -0.05) is 39.7 Å². The minimum Gasteiger partial charge on any atom is -0.495 e. The highest BCUT2D eigenvalue weighted by Crippen LogP contribution is 2.35. The number of halogens is 2. The fourth-order valence-electron chi connectivity index (χ4n) is 3.10. The van der Waals surface area contributed by atoms with E-state index in [9.17, 15) is 9.90 Å². The van der Waals surface area contributed by atoms with Gasteiger partial charge >= 0.3 is 5.97 Å². The van der Waals surface area contributed by atoms with Crippen molar-refractivity contribution in [1.82, 2.24) is 4.57 Å². The van der Waals surface area contributed by atoms with E-state index in [2.05, 4.69) is 20.5 Å². The first-order valence-corrected chi connectivity index (χ1v) is 8.89. The highest BCUT2D eigenvalue weighted by atomic mass is 79.9. The minimum atomic E-state index is -0.862. The number of fused-ring (bicyclic) bond motifs is 1. The van der Waals surface area contributed by atoms with Crippen molar-refractivity contribution >= 4 is 44.4 Å². The van der Waals surface area contributed by atoms with Crippen LogP contribution in [0.15, 0.2) is 40.9 Å². The lowest BCUT2D eigenvalue weighted by Gasteiger charge is -2.10. The largest absolute Gasteiger partial charge is 0.495 e. The lowest BCUT2D eigenvalue weighted by Crippen LogP contribution is -2.05. The molecule has 3 aromatic rings. The van der Waals surface area contributed by atoms with Crippen LogP contribution in [0.1, 0.15) is 16.8 Å². The Morgan fingerprint density at radius 1 is 1.32 bits per heavy atom. The van der Waals surface area contributed by atoms with Crippen LogP contribution in [0.2, 0.25) is 5.02 Å². The molecule has 1 heterocycles. The number of methoxy groups -OCH3 is 1. The average Bonchev–Trinajstić information content (AvgIpc) is 2.79. The van der Waals surface area contributed by atoms with Crippen LogP contribution in [0.3, 0.4) is 0 Å². The summed E-state index contributed by atoms with van der Waals surface area (Å²) in [5, 5.41) is 10.7. The van der Waals surface area contributed by atoms with Crippen LogP contribution in [0.4, 0.5) is 0 Å². The van der Waals surface area contributed by atoms with Crippen LogP contribution in [-0.2, 0) is 17.8 Å². The summed E-state index contributed by atoms with van der Waals surface area (Å²) in [5.74, 6) is -0.320. The Bertz CT molecular complexity index is 965. The number of carbonyl (C=O) groups is 1. The van der Waals surface area contributed by atoms with Crippen molar-refractivity contribution in [1.29, 1.82) is 0 Å². The number of nitrogens with zero attached hydrogens (tertiary/aromatic N) is 1. The number of rotatable bonds is 5. The van der Waals surface area contributed by atoms with Crippen molar-refractivity contribution < 1.29 is 14.6 Å². The second kappa shape index (κ2) is 7.10. The molecule has 3 rings (SSSR count). The molecule has 0 fully saturated rings. The van der Waals surface area contributed by atoms with Crippen LogP contribution in [-0.4, -0.2) is 22.8 Å². The van der Waals surface area contributed by atoms with Crippen molar-refractivity contribution in [3.63, 3.8) is 0 Å². The van der Waals surface area contributed by atoms with Crippen molar-refractivity contribution in [3.05, 3.63) is 62.7 Å². The molecule has 0 aliphatic carbocycles. The first kappa shape index (κ1) is 17.8. The molecule has 130 valence electrons. The van der Waals surface area contributed by atoms with Crippen molar-refractivity contribution in [3.8, 4) is 5.75 Å². The van der Waals surface area contributed by atoms with Gasteiger partial charge in [0, 0.05) is 22.1 Å². The van der Waals surface area contributed by atoms with Crippen molar-refractivity contribution in [2.45, 2.75) is 19.9 Å². The molecule has 0 amide bonds. The number of carboxylic acids is 1. The summed E-state index contributed by atoms with van der Waals surface area (Å²) in [6.45, 7) is 2.57. The third kappa shape index (κ3) is 3.53. The second-order valence-electron chi connectivity index (χ2n) is 5.85. The van der Waals surface area contributed by atoms with Gasteiger partial charge in [-0.3, -0.25) is 4.79 Å². The number of aliphatic carboxylic acids is 1. The molecule has 0 aliphatic rings. The molecule has 0 saturated carbocycles. The molecule has 2 aromatic carbocycles. The Hall–Kier alpha value is -1.98. The molecule has 0 spiro atoms. The Morgan fingerprint density at radius 3 is 2.72 bits per heavy atom. The predicted octanol–water partition coefficient (Wildman–Crippen LogP) is 5.05. The summed E-state index contributed by atoms with van der Waals surface area (Å²) >= 11 is 9.80. The van der Waals surface area contributed by atoms with E-state index >= 15 is 0 Å². The minimum absolute atomic E-state index is 0.0431. The zero-order valence-electron chi connectivity index (χ0n) is 13.8. The number of benzene rings is 2. The van der Waals surface area contributed by atoms with E-state index in [0.29, 0.717) is 17.3 Å². The molecule has 4 nitrogen and oxygen atoms in total. The highest BCUT2D eigenvalue weighted by molar-refractivity contribution is 9.10. The van der Waals surface area contributed by atoms with Gasteiger partial charge in [-0.05, 0) is 42.3 Å². The normalized spacial score (nSPS) is 11.0. The van der Waals surface area contributed by atoms with Crippen LogP contribution in [0.5, 0.6) is 5.75 Å². The molecular formula is C19H17BrClNO3. The first-order chi connectivity index (χ1) is 11.9. The molecule has 1 aromatic heterocycles. The molecule has 0 unspecified atom stereocenters. The summed E-state index contributed by atoms with van der Waals surface area (Å²) in [4.78, 5) is 11.3. The van der Waals surface area contributed by atoms with Crippen molar-refractivity contribution in [2.24, 2.45) is 0 Å². The SMILES string of the molecule is COc1cc2c(CC(=O)O)c(C)n(Cc3cccc(Br)c3)c2cc1Cl. The highest BCUT2D eigenvalue weighted by Gasteiger charge is 2.19. The maximum absolute atomic E-state index is 11.3. The van der Waals surface area contributed by atoms with Gasteiger partial charge in [0.1, 0.15) is 5.75 Å². The molecular weight excluding hydrogens is 406 g/mol. The molecule has 25 heavy (non-hydrogen) atoms. The van der Waals surface area contributed by atoms with E-state index in [4.69, 9.17) is 16.3 Å². The third-order valence-corrected chi connectivity index (χ3v) is 5.07. The Morgan fingerprint density at radius 2 is 2.08 bits per heavy atom. The number of hydrogen-bond acceptors (Lipinski definition) is 2. The summed E-state index contributed by atoms with van der Waals surface area (Å²) < 4.78 is 8.40. The van der Waals surface area contributed by atoms with Gasteiger partial charge < -0.3 is 14.4 Å².